The fourth-order valence-electron chi connectivity index (χ4n) is 2.86. The SMILES string of the molecule is CCN(C(=O)CCN(Cc1cccc(C)c1)C(C)=O)c1ccccc1. The van der Waals surface area contributed by atoms with Gasteiger partial charge in [0.1, 0.15) is 0 Å². The zero-order valence-corrected chi connectivity index (χ0v) is 15.2. The van der Waals surface area contributed by atoms with Crippen LogP contribution in [-0.2, 0) is 16.1 Å². The van der Waals surface area contributed by atoms with E-state index < -0.39 is 0 Å². The van der Waals surface area contributed by atoms with Crippen LogP contribution in [-0.4, -0.2) is 29.8 Å². The second-order valence-electron chi connectivity index (χ2n) is 6.15. The summed E-state index contributed by atoms with van der Waals surface area (Å²) in [5.41, 5.74) is 3.14. The fourth-order valence-corrected chi connectivity index (χ4v) is 2.86. The smallest absolute Gasteiger partial charge is 0.228 e. The number of nitrogens with zero attached hydrogens (tertiary/aromatic N) is 2. The van der Waals surface area contributed by atoms with Gasteiger partial charge in [-0.2, -0.15) is 0 Å². The van der Waals surface area contributed by atoms with E-state index in [0.29, 0.717) is 26.1 Å². The lowest BCUT2D eigenvalue weighted by molar-refractivity contribution is -0.130. The molecule has 0 atom stereocenters. The predicted molar refractivity (Wildman–Crippen MR) is 101 cm³/mol. The largest absolute Gasteiger partial charge is 0.338 e. The van der Waals surface area contributed by atoms with Crippen LogP contribution in [0.1, 0.15) is 31.4 Å². The van der Waals surface area contributed by atoms with Crippen molar-refractivity contribution in [3.05, 3.63) is 65.7 Å². The summed E-state index contributed by atoms with van der Waals surface area (Å²) in [5, 5.41) is 0. The zero-order valence-electron chi connectivity index (χ0n) is 15.2. The molecule has 0 aliphatic heterocycles. The molecule has 4 nitrogen and oxygen atoms in total. The van der Waals surface area contributed by atoms with E-state index in [1.54, 1.807) is 16.7 Å². The minimum atomic E-state index is -0.0166. The Morgan fingerprint density at radius 1 is 1.00 bits per heavy atom. The number of aryl methyl sites for hydroxylation is 1. The van der Waals surface area contributed by atoms with E-state index in [1.807, 2.05) is 62.4 Å². The summed E-state index contributed by atoms with van der Waals surface area (Å²) in [6.45, 7) is 7.10. The Labute approximate surface area is 150 Å². The van der Waals surface area contributed by atoms with E-state index in [-0.39, 0.29) is 11.8 Å². The maximum Gasteiger partial charge on any atom is 0.228 e. The summed E-state index contributed by atoms with van der Waals surface area (Å²) in [4.78, 5) is 28.0. The average Bonchev–Trinajstić information content (AvgIpc) is 2.60. The Morgan fingerprint density at radius 3 is 2.32 bits per heavy atom. The van der Waals surface area contributed by atoms with E-state index in [2.05, 4.69) is 6.07 Å². The molecule has 0 aliphatic carbocycles. The molecule has 0 saturated heterocycles. The average molecular weight is 338 g/mol. The molecule has 2 rings (SSSR count). The van der Waals surface area contributed by atoms with Crippen molar-refractivity contribution < 1.29 is 9.59 Å². The summed E-state index contributed by atoms with van der Waals surface area (Å²) < 4.78 is 0. The Kier molecular flexibility index (Phi) is 6.75. The first-order chi connectivity index (χ1) is 12.0. The van der Waals surface area contributed by atoms with E-state index in [0.717, 1.165) is 11.3 Å². The van der Waals surface area contributed by atoms with E-state index in [9.17, 15) is 9.59 Å². The highest BCUT2D eigenvalue weighted by Crippen LogP contribution is 2.15. The van der Waals surface area contributed by atoms with E-state index >= 15 is 0 Å². The first kappa shape index (κ1) is 18.7. The van der Waals surface area contributed by atoms with Crippen molar-refractivity contribution >= 4 is 17.5 Å². The van der Waals surface area contributed by atoms with Crippen LogP contribution in [0.5, 0.6) is 0 Å². The normalized spacial score (nSPS) is 10.4. The predicted octanol–water partition coefficient (Wildman–Crippen LogP) is 3.79. The Bertz CT molecular complexity index is 713. The first-order valence-electron chi connectivity index (χ1n) is 8.67. The second kappa shape index (κ2) is 9.02. The van der Waals surface area contributed by atoms with Crippen LogP contribution >= 0.6 is 0 Å². The molecule has 0 bridgehead atoms. The van der Waals surface area contributed by atoms with Crippen LogP contribution in [0.4, 0.5) is 5.69 Å². The third kappa shape index (κ3) is 5.45. The number of anilines is 1. The molecular formula is C21H26N2O2. The number of rotatable bonds is 7. The van der Waals surface area contributed by atoms with Gasteiger partial charge >= 0.3 is 0 Å². The first-order valence-corrected chi connectivity index (χ1v) is 8.67. The maximum absolute atomic E-state index is 12.6. The molecule has 0 unspecified atom stereocenters. The topological polar surface area (TPSA) is 40.6 Å². The number of hydrogen-bond acceptors (Lipinski definition) is 2. The van der Waals surface area contributed by atoms with Crippen LogP contribution in [0.3, 0.4) is 0 Å². The summed E-state index contributed by atoms with van der Waals surface area (Å²) >= 11 is 0. The van der Waals surface area contributed by atoms with Gasteiger partial charge in [-0.3, -0.25) is 9.59 Å². The monoisotopic (exact) mass is 338 g/mol. The van der Waals surface area contributed by atoms with Crippen LogP contribution in [0.2, 0.25) is 0 Å². The summed E-state index contributed by atoms with van der Waals surface area (Å²) in [5.74, 6) is 0.0151. The standard InChI is InChI=1S/C21H26N2O2/c1-4-23(20-11-6-5-7-12-20)21(25)13-14-22(18(3)24)16-19-10-8-9-17(2)15-19/h5-12,15H,4,13-14,16H2,1-3H3. The lowest BCUT2D eigenvalue weighted by Crippen LogP contribution is -2.36. The highest BCUT2D eigenvalue weighted by atomic mass is 16.2. The van der Waals surface area contributed by atoms with Crippen molar-refractivity contribution in [3.8, 4) is 0 Å². The number of amides is 2. The van der Waals surface area contributed by atoms with Gasteiger partial charge in [-0.25, -0.2) is 0 Å². The number of carbonyl (C=O) groups is 2. The van der Waals surface area contributed by atoms with Gasteiger partial charge in [-0.1, -0.05) is 48.0 Å². The van der Waals surface area contributed by atoms with Crippen LogP contribution in [0.25, 0.3) is 0 Å². The lowest BCUT2D eigenvalue weighted by Gasteiger charge is -2.25. The zero-order chi connectivity index (χ0) is 18.2. The fraction of sp³-hybridized carbons (Fsp3) is 0.333. The van der Waals surface area contributed by atoms with E-state index in [1.165, 1.54) is 5.56 Å². The van der Waals surface area contributed by atoms with Gasteiger partial charge in [-0.15, -0.1) is 0 Å². The lowest BCUT2D eigenvalue weighted by atomic mass is 10.1. The minimum absolute atomic E-state index is 0.0166. The summed E-state index contributed by atoms with van der Waals surface area (Å²) in [6.07, 6.45) is 0.314. The quantitative estimate of drug-likeness (QED) is 0.771. The highest BCUT2D eigenvalue weighted by molar-refractivity contribution is 5.93. The van der Waals surface area contributed by atoms with Gasteiger partial charge in [0, 0.05) is 38.7 Å². The molecule has 2 amide bonds. The molecule has 25 heavy (non-hydrogen) atoms. The Hall–Kier alpha value is -2.62. The number of benzene rings is 2. The maximum atomic E-state index is 12.6. The van der Waals surface area contributed by atoms with Crippen molar-refractivity contribution in [2.45, 2.75) is 33.7 Å². The summed E-state index contributed by atoms with van der Waals surface area (Å²) in [7, 11) is 0. The van der Waals surface area contributed by atoms with Gasteiger partial charge < -0.3 is 9.80 Å². The van der Waals surface area contributed by atoms with Crippen molar-refractivity contribution in [1.29, 1.82) is 0 Å². The van der Waals surface area contributed by atoms with Gasteiger partial charge in [0.15, 0.2) is 0 Å². The van der Waals surface area contributed by atoms with Crippen molar-refractivity contribution in [1.82, 2.24) is 4.90 Å². The molecule has 0 N–H and O–H groups in total. The number of hydrogen-bond donors (Lipinski definition) is 0. The van der Waals surface area contributed by atoms with Crippen LogP contribution < -0.4 is 4.90 Å². The van der Waals surface area contributed by atoms with Crippen LogP contribution in [0.15, 0.2) is 54.6 Å². The Balaban J connectivity index is 2.00. The minimum Gasteiger partial charge on any atom is -0.338 e. The molecule has 0 spiro atoms. The van der Waals surface area contributed by atoms with Gasteiger partial charge in [0.25, 0.3) is 0 Å². The van der Waals surface area contributed by atoms with Crippen molar-refractivity contribution in [2.75, 3.05) is 18.0 Å². The van der Waals surface area contributed by atoms with Crippen molar-refractivity contribution in [3.63, 3.8) is 0 Å². The molecule has 132 valence electrons. The second-order valence-corrected chi connectivity index (χ2v) is 6.15. The van der Waals surface area contributed by atoms with Crippen molar-refractivity contribution in [2.24, 2.45) is 0 Å². The molecule has 0 radical (unpaired) electrons. The molecule has 2 aromatic carbocycles. The van der Waals surface area contributed by atoms with Crippen LogP contribution in [0, 0.1) is 6.92 Å². The van der Waals surface area contributed by atoms with Gasteiger partial charge in [0.05, 0.1) is 0 Å². The summed E-state index contributed by atoms with van der Waals surface area (Å²) in [6, 6.07) is 17.7. The van der Waals surface area contributed by atoms with E-state index in [4.69, 9.17) is 0 Å². The molecule has 0 heterocycles. The molecule has 0 fully saturated rings. The molecule has 4 heteroatoms. The number of carbonyl (C=O) groups excluding carboxylic acids is 2. The highest BCUT2D eigenvalue weighted by Gasteiger charge is 2.17. The number of para-hydroxylation sites is 1. The molecule has 0 saturated carbocycles. The van der Waals surface area contributed by atoms with Gasteiger partial charge in [-0.05, 0) is 31.5 Å². The third-order valence-electron chi connectivity index (χ3n) is 4.18. The van der Waals surface area contributed by atoms with Gasteiger partial charge in [0.2, 0.25) is 11.8 Å². The third-order valence-corrected chi connectivity index (χ3v) is 4.18. The molecule has 0 aliphatic rings. The molecule has 2 aromatic rings. The molecule has 0 aromatic heterocycles. The molecular weight excluding hydrogens is 312 g/mol. The Morgan fingerprint density at radius 2 is 1.72 bits per heavy atom.